The van der Waals surface area contributed by atoms with E-state index in [1.165, 1.54) is 5.57 Å². The van der Waals surface area contributed by atoms with E-state index in [0.29, 0.717) is 11.7 Å². The van der Waals surface area contributed by atoms with Gasteiger partial charge in [-0.3, -0.25) is 0 Å². The van der Waals surface area contributed by atoms with E-state index in [0.717, 1.165) is 25.7 Å². The molecule has 0 aromatic rings. The fraction of sp³-hybridized carbons (Fsp3) is 0.750. The summed E-state index contributed by atoms with van der Waals surface area (Å²) in [6.45, 7) is 8.15. The Morgan fingerprint density at radius 3 is 2.46 bits per heavy atom. The second-order valence-corrected chi connectivity index (χ2v) is 3.99. The molecule has 0 saturated carbocycles. The monoisotopic (exact) mass is 182 g/mol. The first-order valence-corrected chi connectivity index (χ1v) is 5.21. The first-order valence-electron chi connectivity index (χ1n) is 5.21. The molecule has 1 atom stereocenters. The number of allylic oxidation sites excluding steroid dienone is 2. The van der Waals surface area contributed by atoms with Crippen LogP contribution in [0.5, 0.6) is 0 Å². The molecule has 13 heavy (non-hydrogen) atoms. The van der Waals surface area contributed by atoms with Crippen LogP contribution < -0.4 is 0 Å². The summed E-state index contributed by atoms with van der Waals surface area (Å²) in [7, 11) is 0. The van der Waals surface area contributed by atoms with Gasteiger partial charge in [-0.05, 0) is 39.0 Å². The zero-order chi connectivity index (χ0) is 10.3. The molecule has 0 spiro atoms. The maximum absolute atomic E-state index is 10.8. The molecule has 0 aliphatic heterocycles. The van der Waals surface area contributed by atoms with Gasteiger partial charge in [0.1, 0.15) is 5.78 Å². The summed E-state index contributed by atoms with van der Waals surface area (Å²) in [5, 5.41) is 0. The smallest absolute Gasteiger partial charge is 0.130 e. The predicted molar refractivity (Wildman–Crippen MR) is 57.7 cm³/mol. The molecular weight excluding hydrogens is 160 g/mol. The van der Waals surface area contributed by atoms with E-state index >= 15 is 0 Å². The lowest BCUT2D eigenvalue weighted by Crippen LogP contribution is -2.00. The Labute approximate surface area is 82.2 Å². The molecule has 0 aromatic carbocycles. The molecule has 0 N–H and O–H groups in total. The third-order valence-corrected chi connectivity index (χ3v) is 2.35. The van der Waals surface area contributed by atoms with Crippen LogP contribution in [-0.4, -0.2) is 5.78 Å². The standard InChI is InChI=1S/C12H22O/c1-5-10(2)7-6-8-11(3)9-12(4)13/h7,11H,5-6,8-9H2,1-4H3. The van der Waals surface area contributed by atoms with Gasteiger partial charge in [0.25, 0.3) is 0 Å². The summed E-state index contributed by atoms with van der Waals surface area (Å²) in [5.74, 6) is 0.849. The molecule has 0 bridgehead atoms. The summed E-state index contributed by atoms with van der Waals surface area (Å²) in [5.41, 5.74) is 1.45. The summed E-state index contributed by atoms with van der Waals surface area (Å²) in [4.78, 5) is 10.8. The molecule has 0 heterocycles. The van der Waals surface area contributed by atoms with Crippen molar-refractivity contribution in [1.29, 1.82) is 0 Å². The highest BCUT2D eigenvalue weighted by Crippen LogP contribution is 2.12. The SMILES string of the molecule is CCC(C)=CCCC(C)CC(C)=O. The minimum absolute atomic E-state index is 0.309. The minimum Gasteiger partial charge on any atom is -0.300 e. The topological polar surface area (TPSA) is 17.1 Å². The number of Topliss-reactive ketones (excluding diaryl/α,β-unsaturated/α-hetero) is 1. The summed E-state index contributed by atoms with van der Waals surface area (Å²) in [6, 6.07) is 0. The summed E-state index contributed by atoms with van der Waals surface area (Å²) >= 11 is 0. The van der Waals surface area contributed by atoms with Crippen molar-refractivity contribution in [2.24, 2.45) is 5.92 Å². The van der Waals surface area contributed by atoms with Crippen molar-refractivity contribution in [2.45, 2.75) is 53.4 Å². The van der Waals surface area contributed by atoms with E-state index in [1.54, 1.807) is 6.92 Å². The van der Waals surface area contributed by atoms with Gasteiger partial charge >= 0.3 is 0 Å². The van der Waals surface area contributed by atoms with Crippen LogP contribution in [0.15, 0.2) is 11.6 Å². The normalized spacial score (nSPS) is 14.3. The Morgan fingerprint density at radius 1 is 1.38 bits per heavy atom. The van der Waals surface area contributed by atoms with Crippen LogP contribution in [0.1, 0.15) is 53.4 Å². The van der Waals surface area contributed by atoms with Crippen molar-refractivity contribution >= 4 is 5.78 Å². The quantitative estimate of drug-likeness (QED) is 0.572. The average Bonchev–Trinajstić information content (AvgIpc) is 2.02. The van der Waals surface area contributed by atoms with Gasteiger partial charge in [0.05, 0.1) is 0 Å². The van der Waals surface area contributed by atoms with E-state index in [4.69, 9.17) is 0 Å². The summed E-state index contributed by atoms with van der Waals surface area (Å²) in [6.07, 6.45) is 6.42. The highest BCUT2D eigenvalue weighted by atomic mass is 16.1. The van der Waals surface area contributed by atoms with Gasteiger partial charge < -0.3 is 4.79 Å². The van der Waals surface area contributed by atoms with Gasteiger partial charge in [-0.15, -0.1) is 0 Å². The van der Waals surface area contributed by atoms with Crippen molar-refractivity contribution in [3.8, 4) is 0 Å². The van der Waals surface area contributed by atoms with Gasteiger partial charge in [-0.1, -0.05) is 25.5 Å². The number of carbonyl (C=O) groups excluding carboxylic acids is 1. The van der Waals surface area contributed by atoms with Crippen LogP contribution in [0.25, 0.3) is 0 Å². The number of hydrogen-bond acceptors (Lipinski definition) is 1. The maximum Gasteiger partial charge on any atom is 0.130 e. The van der Waals surface area contributed by atoms with Crippen LogP contribution in [0.3, 0.4) is 0 Å². The molecule has 0 aromatic heterocycles. The summed E-state index contributed by atoms with van der Waals surface area (Å²) < 4.78 is 0. The van der Waals surface area contributed by atoms with Crippen molar-refractivity contribution in [3.05, 3.63) is 11.6 Å². The highest BCUT2D eigenvalue weighted by molar-refractivity contribution is 5.75. The van der Waals surface area contributed by atoms with Crippen LogP contribution in [0, 0.1) is 5.92 Å². The third kappa shape index (κ3) is 7.76. The van der Waals surface area contributed by atoms with Crippen LogP contribution in [0.4, 0.5) is 0 Å². The molecular formula is C12H22O. The number of ketones is 1. The third-order valence-electron chi connectivity index (χ3n) is 2.35. The van der Waals surface area contributed by atoms with E-state index in [2.05, 4.69) is 26.8 Å². The molecule has 0 aliphatic carbocycles. The van der Waals surface area contributed by atoms with Gasteiger partial charge in [0.2, 0.25) is 0 Å². The molecule has 1 unspecified atom stereocenters. The van der Waals surface area contributed by atoms with Crippen LogP contribution in [0.2, 0.25) is 0 Å². The van der Waals surface area contributed by atoms with Gasteiger partial charge in [0.15, 0.2) is 0 Å². The second-order valence-electron chi connectivity index (χ2n) is 3.99. The molecule has 0 fully saturated rings. The molecule has 76 valence electrons. The zero-order valence-electron chi connectivity index (χ0n) is 9.39. The molecule has 0 radical (unpaired) electrons. The van der Waals surface area contributed by atoms with Crippen LogP contribution >= 0.6 is 0 Å². The molecule has 0 saturated heterocycles. The van der Waals surface area contributed by atoms with Crippen molar-refractivity contribution in [1.82, 2.24) is 0 Å². The van der Waals surface area contributed by atoms with Crippen molar-refractivity contribution in [2.75, 3.05) is 0 Å². The molecule has 0 aliphatic rings. The van der Waals surface area contributed by atoms with E-state index in [1.807, 2.05) is 0 Å². The van der Waals surface area contributed by atoms with Gasteiger partial charge in [-0.25, -0.2) is 0 Å². The Bertz CT molecular complexity index is 180. The lowest BCUT2D eigenvalue weighted by molar-refractivity contribution is -0.117. The molecule has 0 amide bonds. The fourth-order valence-electron chi connectivity index (χ4n) is 1.35. The number of rotatable bonds is 6. The van der Waals surface area contributed by atoms with Crippen molar-refractivity contribution in [3.63, 3.8) is 0 Å². The number of carbonyl (C=O) groups is 1. The first kappa shape index (κ1) is 12.4. The number of hydrogen-bond donors (Lipinski definition) is 0. The Hall–Kier alpha value is -0.590. The second kappa shape index (κ2) is 6.88. The average molecular weight is 182 g/mol. The molecule has 1 heteroatoms. The minimum atomic E-state index is 0.309. The predicted octanol–water partition coefficient (Wildman–Crippen LogP) is 3.74. The van der Waals surface area contributed by atoms with E-state index in [9.17, 15) is 4.79 Å². The van der Waals surface area contributed by atoms with E-state index < -0.39 is 0 Å². The Morgan fingerprint density at radius 2 is 2.00 bits per heavy atom. The molecule has 0 rings (SSSR count). The first-order chi connectivity index (χ1) is 6.06. The Kier molecular flexibility index (Phi) is 6.56. The van der Waals surface area contributed by atoms with E-state index in [-0.39, 0.29) is 0 Å². The fourth-order valence-corrected chi connectivity index (χ4v) is 1.35. The van der Waals surface area contributed by atoms with Crippen molar-refractivity contribution < 1.29 is 4.79 Å². The van der Waals surface area contributed by atoms with Gasteiger partial charge in [-0.2, -0.15) is 0 Å². The van der Waals surface area contributed by atoms with Crippen LogP contribution in [-0.2, 0) is 4.79 Å². The maximum atomic E-state index is 10.8. The molecule has 1 nitrogen and oxygen atoms in total. The zero-order valence-corrected chi connectivity index (χ0v) is 9.39. The van der Waals surface area contributed by atoms with Gasteiger partial charge in [0, 0.05) is 6.42 Å². The Balaban J connectivity index is 3.58. The lowest BCUT2D eigenvalue weighted by atomic mass is 9.99. The largest absolute Gasteiger partial charge is 0.300 e. The highest BCUT2D eigenvalue weighted by Gasteiger charge is 2.03. The lowest BCUT2D eigenvalue weighted by Gasteiger charge is -2.06.